The molecule has 0 atom stereocenters. The third kappa shape index (κ3) is 3.07. The molecule has 0 spiro atoms. The van der Waals surface area contributed by atoms with Gasteiger partial charge in [0.2, 0.25) is 0 Å². The molecular weight excluding hydrogens is 336 g/mol. The Morgan fingerprint density at radius 3 is 2.67 bits per heavy atom. The van der Waals surface area contributed by atoms with E-state index in [2.05, 4.69) is 26.0 Å². The summed E-state index contributed by atoms with van der Waals surface area (Å²) >= 11 is 3.41. The van der Waals surface area contributed by atoms with Crippen LogP contribution in [0.5, 0.6) is 0 Å². The second-order valence-electron chi connectivity index (χ2n) is 5.10. The standard InChI is InChI=1S/C14H15BrN4O2/c15-12-5-10(6-16-8-12)11-7-17-19(9-11)13-1-3-18(4-2-13)14(20)21/h5-9,13H,1-4H2,(H,20,21). The molecule has 0 radical (unpaired) electrons. The third-order valence-electron chi connectivity index (χ3n) is 3.75. The van der Waals surface area contributed by atoms with Gasteiger partial charge in [-0.15, -0.1) is 0 Å². The van der Waals surface area contributed by atoms with Crippen LogP contribution in [0.1, 0.15) is 18.9 Å². The molecule has 7 heteroatoms. The average Bonchev–Trinajstić information content (AvgIpc) is 2.97. The highest BCUT2D eigenvalue weighted by atomic mass is 79.9. The molecule has 2 aromatic rings. The van der Waals surface area contributed by atoms with Crippen LogP contribution in [0.25, 0.3) is 11.1 Å². The number of carbonyl (C=O) groups is 1. The fourth-order valence-corrected chi connectivity index (χ4v) is 2.94. The lowest BCUT2D eigenvalue weighted by atomic mass is 10.1. The number of halogens is 1. The number of nitrogens with zero attached hydrogens (tertiary/aromatic N) is 4. The predicted molar refractivity (Wildman–Crippen MR) is 81.0 cm³/mol. The molecular formula is C14H15BrN4O2. The van der Waals surface area contributed by atoms with Crippen molar-refractivity contribution in [1.82, 2.24) is 19.7 Å². The van der Waals surface area contributed by atoms with E-state index in [1.54, 1.807) is 12.4 Å². The Morgan fingerprint density at radius 1 is 1.24 bits per heavy atom. The van der Waals surface area contributed by atoms with Crippen molar-refractivity contribution in [2.75, 3.05) is 13.1 Å². The van der Waals surface area contributed by atoms with Gasteiger partial charge in [-0.3, -0.25) is 9.67 Å². The summed E-state index contributed by atoms with van der Waals surface area (Å²) in [5, 5.41) is 13.4. The summed E-state index contributed by atoms with van der Waals surface area (Å²) in [6.07, 6.45) is 8.13. The number of hydrogen-bond acceptors (Lipinski definition) is 3. The highest BCUT2D eigenvalue weighted by Crippen LogP contribution is 2.26. The van der Waals surface area contributed by atoms with Gasteiger partial charge in [-0.05, 0) is 34.8 Å². The zero-order valence-corrected chi connectivity index (χ0v) is 12.9. The van der Waals surface area contributed by atoms with Crippen molar-refractivity contribution in [3.63, 3.8) is 0 Å². The molecule has 3 rings (SSSR count). The summed E-state index contributed by atoms with van der Waals surface area (Å²) < 4.78 is 2.87. The van der Waals surface area contributed by atoms with E-state index in [0.29, 0.717) is 13.1 Å². The molecule has 1 saturated heterocycles. The third-order valence-corrected chi connectivity index (χ3v) is 4.18. The first-order valence-corrected chi connectivity index (χ1v) is 7.56. The van der Waals surface area contributed by atoms with Gasteiger partial charge in [0.1, 0.15) is 0 Å². The first-order chi connectivity index (χ1) is 10.1. The molecule has 0 saturated carbocycles. The maximum absolute atomic E-state index is 10.9. The Morgan fingerprint density at radius 2 is 2.00 bits per heavy atom. The summed E-state index contributed by atoms with van der Waals surface area (Å²) in [6.45, 7) is 1.13. The quantitative estimate of drug-likeness (QED) is 0.903. The fourth-order valence-electron chi connectivity index (χ4n) is 2.58. The zero-order valence-electron chi connectivity index (χ0n) is 11.3. The number of amides is 1. The maximum Gasteiger partial charge on any atom is 0.407 e. The Balaban J connectivity index is 1.73. The Bertz CT molecular complexity index is 650. The summed E-state index contributed by atoms with van der Waals surface area (Å²) in [5.74, 6) is 0. The van der Waals surface area contributed by atoms with Crippen molar-refractivity contribution in [3.05, 3.63) is 35.3 Å². The van der Waals surface area contributed by atoms with Gasteiger partial charge in [0, 0.05) is 47.3 Å². The van der Waals surface area contributed by atoms with Crippen LogP contribution in [0.4, 0.5) is 4.79 Å². The van der Waals surface area contributed by atoms with Crippen LogP contribution >= 0.6 is 15.9 Å². The Hall–Kier alpha value is -1.89. The van der Waals surface area contributed by atoms with Crippen LogP contribution in [-0.2, 0) is 0 Å². The van der Waals surface area contributed by atoms with Gasteiger partial charge in [-0.1, -0.05) is 0 Å². The SMILES string of the molecule is O=C(O)N1CCC(n2cc(-c3cncc(Br)c3)cn2)CC1. The smallest absolute Gasteiger partial charge is 0.407 e. The topological polar surface area (TPSA) is 71.2 Å². The predicted octanol–water partition coefficient (Wildman–Crippen LogP) is 3.02. The number of pyridine rings is 1. The van der Waals surface area contributed by atoms with Crippen LogP contribution in [-0.4, -0.2) is 44.0 Å². The van der Waals surface area contributed by atoms with Crippen LogP contribution in [0, 0.1) is 0 Å². The number of rotatable bonds is 2. The van der Waals surface area contributed by atoms with Gasteiger partial charge in [0.05, 0.1) is 12.2 Å². The number of aromatic nitrogens is 3. The van der Waals surface area contributed by atoms with Crippen molar-refractivity contribution < 1.29 is 9.90 Å². The molecule has 0 bridgehead atoms. The molecule has 6 nitrogen and oxygen atoms in total. The molecule has 0 unspecified atom stereocenters. The molecule has 1 fully saturated rings. The summed E-state index contributed by atoms with van der Waals surface area (Å²) in [4.78, 5) is 16.5. The largest absolute Gasteiger partial charge is 0.465 e. The molecule has 1 aliphatic rings. The van der Waals surface area contributed by atoms with Gasteiger partial charge in [0.25, 0.3) is 0 Å². The molecule has 0 aliphatic carbocycles. The van der Waals surface area contributed by atoms with Crippen molar-refractivity contribution in [1.29, 1.82) is 0 Å². The summed E-state index contributed by atoms with van der Waals surface area (Å²) in [6, 6.07) is 2.26. The van der Waals surface area contributed by atoms with Crippen molar-refractivity contribution >= 4 is 22.0 Å². The van der Waals surface area contributed by atoms with Gasteiger partial charge in [0.15, 0.2) is 0 Å². The minimum absolute atomic E-state index is 0.259. The number of likely N-dealkylation sites (tertiary alicyclic amines) is 1. The first-order valence-electron chi connectivity index (χ1n) is 6.76. The minimum atomic E-state index is -0.838. The highest BCUT2D eigenvalue weighted by molar-refractivity contribution is 9.10. The minimum Gasteiger partial charge on any atom is -0.465 e. The highest BCUT2D eigenvalue weighted by Gasteiger charge is 2.23. The van der Waals surface area contributed by atoms with Crippen LogP contribution in [0.15, 0.2) is 35.3 Å². The molecule has 1 amide bonds. The lowest BCUT2D eigenvalue weighted by Crippen LogP contribution is -2.38. The molecule has 1 aliphatic heterocycles. The molecule has 2 aromatic heterocycles. The van der Waals surface area contributed by atoms with E-state index in [-0.39, 0.29) is 6.04 Å². The molecule has 21 heavy (non-hydrogen) atoms. The van der Waals surface area contributed by atoms with E-state index < -0.39 is 6.09 Å². The lowest BCUT2D eigenvalue weighted by Gasteiger charge is -2.30. The monoisotopic (exact) mass is 350 g/mol. The average molecular weight is 351 g/mol. The molecule has 0 aromatic carbocycles. The van der Waals surface area contributed by atoms with Crippen LogP contribution in [0.3, 0.4) is 0 Å². The van der Waals surface area contributed by atoms with E-state index in [1.807, 2.05) is 23.1 Å². The van der Waals surface area contributed by atoms with Gasteiger partial charge in [-0.25, -0.2) is 4.79 Å². The van der Waals surface area contributed by atoms with Gasteiger partial charge in [-0.2, -0.15) is 5.10 Å². The molecule has 3 heterocycles. The van der Waals surface area contributed by atoms with E-state index in [0.717, 1.165) is 28.4 Å². The van der Waals surface area contributed by atoms with Crippen molar-refractivity contribution in [2.45, 2.75) is 18.9 Å². The van der Waals surface area contributed by atoms with E-state index in [1.165, 1.54) is 4.90 Å². The van der Waals surface area contributed by atoms with Crippen LogP contribution < -0.4 is 0 Å². The Kier molecular flexibility index (Phi) is 3.92. The van der Waals surface area contributed by atoms with E-state index in [4.69, 9.17) is 5.11 Å². The second kappa shape index (κ2) is 5.85. The number of piperidine rings is 1. The van der Waals surface area contributed by atoms with Crippen LogP contribution in [0.2, 0.25) is 0 Å². The number of hydrogen-bond donors (Lipinski definition) is 1. The van der Waals surface area contributed by atoms with E-state index >= 15 is 0 Å². The summed E-state index contributed by atoms with van der Waals surface area (Å²) in [7, 11) is 0. The van der Waals surface area contributed by atoms with Crippen molar-refractivity contribution in [3.8, 4) is 11.1 Å². The van der Waals surface area contributed by atoms with Crippen molar-refractivity contribution in [2.24, 2.45) is 0 Å². The second-order valence-corrected chi connectivity index (χ2v) is 6.02. The summed E-state index contributed by atoms with van der Waals surface area (Å²) in [5.41, 5.74) is 2.03. The van der Waals surface area contributed by atoms with E-state index in [9.17, 15) is 4.79 Å². The zero-order chi connectivity index (χ0) is 14.8. The molecule has 110 valence electrons. The molecule has 1 N–H and O–H groups in total. The first kappa shape index (κ1) is 14.1. The fraction of sp³-hybridized carbons (Fsp3) is 0.357. The number of carboxylic acid groups (broad SMARTS) is 1. The van der Waals surface area contributed by atoms with Gasteiger partial charge >= 0.3 is 6.09 Å². The van der Waals surface area contributed by atoms with Gasteiger partial charge < -0.3 is 10.0 Å². The normalized spacial score (nSPS) is 16.1. The maximum atomic E-state index is 10.9. The lowest BCUT2D eigenvalue weighted by molar-refractivity contribution is 0.124. The Labute approximate surface area is 130 Å².